The van der Waals surface area contributed by atoms with E-state index in [0.29, 0.717) is 12.6 Å². The van der Waals surface area contributed by atoms with Gasteiger partial charge in [0, 0.05) is 31.4 Å². The van der Waals surface area contributed by atoms with Gasteiger partial charge in [-0.15, -0.1) is 0 Å². The second kappa shape index (κ2) is 10.1. The minimum atomic E-state index is 0.427. The second-order valence-electron chi connectivity index (χ2n) is 7.02. The molecular weight excluding hydrogens is 336 g/mol. The lowest BCUT2D eigenvalue weighted by Gasteiger charge is -2.32. The second-order valence-corrected chi connectivity index (χ2v) is 7.02. The molecular formula is C22H30N4O. The Balaban J connectivity index is 1.63. The first-order valence-electron chi connectivity index (χ1n) is 9.68. The molecule has 3 rings (SSSR count). The van der Waals surface area contributed by atoms with Crippen molar-refractivity contribution in [3.8, 4) is 0 Å². The Morgan fingerprint density at radius 1 is 1.07 bits per heavy atom. The van der Waals surface area contributed by atoms with Gasteiger partial charge in [-0.2, -0.15) is 0 Å². The van der Waals surface area contributed by atoms with Gasteiger partial charge in [0.1, 0.15) is 0 Å². The van der Waals surface area contributed by atoms with Gasteiger partial charge in [0.05, 0.1) is 19.8 Å². The molecule has 1 fully saturated rings. The maximum Gasteiger partial charge on any atom is 0.196 e. The Hall–Kier alpha value is -2.37. The average molecular weight is 367 g/mol. The van der Waals surface area contributed by atoms with Gasteiger partial charge in [0.15, 0.2) is 5.96 Å². The standard InChI is InChI=1S/C22H30N4O/c1-18-8-10-20(11-9-18)17-24-22(25-21-6-4-3-5-7-21)23-16-19(2)26-12-14-27-15-13-26/h3-11,19H,12-17H2,1-2H3,(H2,23,24,25). The number of nitrogens with zero attached hydrogens (tertiary/aromatic N) is 2. The molecule has 1 heterocycles. The quantitative estimate of drug-likeness (QED) is 0.608. The zero-order valence-corrected chi connectivity index (χ0v) is 16.3. The largest absolute Gasteiger partial charge is 0.379 e. The predicted molar refractivity (Wildman–Crippen MR) is 112 cm³/mol. The number of hydrogen-bond donors (Lipinski definition) is 2. The van der Waals surface area contributed by atoms with Crippen LogP contribution in [0.3, 0.4) is 0 Å². The maximum absolute atomic E-state index is 5.45. The summed E-state index contributed by atoms with van der Waals surface area (Å²) in [6.45, 7) is 9.46. The van der Waals surface area contributed by atoms with Crippen LogP contribution in [-0.2, 0) is 11.3 Å². The number of guanidine groups is 1. The number of para-hydroxylation sites is 1. The minimum Gasteiger partial charge on any atom is -0.379 e. The summed E-state index contributed by atoms with van der Waals surface area (Å²) in [5, 5.41) is 6.92. The summed E-state index contributed by atoms with van der Waals surface area (Å²) in [5.74, 6) is 0.807. The fourth-order valence-corrected chi connectivity index (χ4v) is 3.05. The third kappa shape index (κ3) is 6.38. The first-order valence-corrected chi connectivity index (χ1v) is 9.68. The molecule has 1 aliphatic rings. The zero-order chi connectivity index (χ0) is 18.9. The number of rotatable bonds is 6. The summed E-state index contributed by atoms with van der Waals surface area (Å²) < 4.78 is 5.45. The first-order chi connectivity index (χ1) is 13.2. The van der Waals surface area contributed by atoms with Crippen molar-refractivity contribution in [3.63, 3.8) is 0 Å². The van der Waals surface area contributed by atoms with Crippen molar-refractivity contribution >= 4 is 11.6 Å². The molecule has 0 saturated carbocycles. The molecule has 144 valence electrons. The van der Waals surface area contributed by atoms with Crippen LogP contribution in [0.25, 0.3) is 0 Å². The van der Waals surface area contributed by atoms with E-state index in [-0.39, 0.29) is 0 Å². The van der Waals surface area contributed by atoms with Crippen molar-refractivity contribution in [1.29, 1.82) is 0 Å². The van der Waals surface area contributed by atoms with Crippen LogP contribution in [0.1, 0.15) is 18.1 Å². The number of aliphatic imine (C=N–C) groups is 1. The molecule has 5 nitrogen and oxygen atoms in total. The van der Waals surface area contributed by atoms with Crippen LogP contribution in [0.5, 0.6) is 0 Å². The number of aryl methyl sites for hydroxylation is 1. The van der Waals surface area contributed by atoms with E-state index in [1.807, 2.05) is 18.2 Å². The van der Waals surface area contributed by atoms with E-state index in [0.717, 1.165) is 44.5 Å². The monoisotopic (exact) mass is 366 g/mol. The van der Waals surface area contributed by atoms with E-state index in [1.54, 1.807) is 0 Å². The third-order valence-corrected chi connectivity index (χ3v) is 4.81. The summed E-state index contributed by atoms with van der Waals surface area (Å²) in [7, 11) is 0. The van der Waals surface area contributed by atoms with Crippen LogP contribution in [0.2, 0.25) is 0 Å². The lowest BCUT2D eigenvalue weighted by Crippen LogP contribution is -2.48. The molecule has 1 unspecified atom stereocenters. The van der Waals surface area contributed by atoms with E-state index in [4.69, 9.17) is 9.73 Å². The Kier molecular flexibility index (Phi) is 7.25. The molecule has 0 aliphatic carbocycles. The van der Waals surface area contributed by atoms with Gasteiger partial charge in [-0.05, 0) is 31.5 Å². The summed E-state index contributed by atoms with van der Waals surface area (Å²) in [5.41, 5.74) is 3.51. The molecule has 1 saturated heterocycles. The molecule has 0 amide bonds. The Morgan fingerprint density at radius 2 is 1.78 bits per heavy atom. The van der Waals surface area contributed by atoms with Gasteiger partial charge in [0.25, 0.3) is 0 Å². The highest BCUT2D eigenvalue weighted by molar-refractivity contribution is 5.93. The van der Waals surface area contributed by atoms with Gasteiger partial charge >= 0.3 is 0 Å². The smallest absolute Gasteiger partial charge is 0.196 e. The van der Waals surface area contributed by atoms with Gasteiger partial charge in [-0.25, -0.2) is 4.99 Å². The fraction of sp³-hybridized carbons (Fsp3) is 0.409. The maximum atomic E-state index is 5.45. The van der Waals surface area contributed by atoms with E-state index in [9.17, 15) is 0 Å². The minimum absolute atomic E-state index is 0.427. The number of benzene rings is 2. The highest BCUT2D eigenvalue weighted by Gasteiger charge is 2.17. The number of hydrogen-bond acceptors (Lipinski definition) is 3. The van der Waals surface area contributed by atoms with Crippen LogP contribution in [0.4, 0.5) is 5.69 Å². The van der Waals surface area contributed by atoms with Crippen LogP contribution < -0.4 is 10.6 Å². The van der Waals surface area contributed by atoms with Gasteiger partial charge in [-0.3, -0.25) is 4.90 Å². The van der Waals surface area contributed by atoms with Crippen molar-refractivity contribution in [2.75, 3.05) is 38.2 Å². The third-order valence-electron chi connectivity index (χ3n) is 4.81. The van der Waals surface area contributed by atoms with Crippen molar-refractivity contribution in [3.05, 3.63) is 65.7 Å². The predicted octanol–water partition coefficient (Wildman–Crippen LogP) is 3.27. The van der Waals surface area contributed by atoms with Crippen molar-refractivity contribution in [1.82, 2.24) is 10.2 Å². The van der Waals surface area contributed by atoms with Crippen LogP contribution in [0, 0.1) is 6.92 Å². The number of morpholine rings is 1. The molecule has 0 radical (unpaired) electrons. The number of ether oxygens (including phenoxy) is 1. The Morgan fingerprint density at radius 3 is 2.48 bits per heavy atom. The van der Waals surface area contributed by atoms with Crippen molar-refractivity contribution < 1.29 is 4.74 Å². The van der Waals surface area contributed by atoms with Gasteiger partial charge in [0.2, 0.25) is 0 Å². The van der Waals surface area contributed by atoms with Crippen LogP contribution in [0.15, 0.2) is 59.6 Å². The van der Waals surface area contributed by atoms with E-state index < -0.39 is 0 Å². The van der Waals surface area contributed by atoms with E-state index in [2.05, 4.69) is 65.8 Å². The van der Waals surface area contributed by atoms with Crippen LogP contribution in [-0.4, -0.2) is 49.7 Å². The van der Waals surface area contributed by atoms with Crippen molar-refractivity contribution in [2.24, 2.45) is 4.99 Å². The summed E-state index contributed by atoms with van der Waals surface area (Å²) in [6, 6.07) is 19.1. The van der Waals surface area contributed by atoms with Crippen molar-refractivity contribution in [2.45, 2.75) is 26.4 Å². The number of nitrogens with one attached hydrogen (secondary N) is 2. The summed E-state index contributed by atoms with van der Waals surface area (Å²) in [6.07, 6.45) is 0. The summed E-state index contributed by atoms with van der Waals surface area (Å²) >= 11 is 0. The molecule has 27 heavy (non-hydrogen) atoms. The molecule has 1 atom stereocenters. The summed E-state index contributed by atoms with van der Waals surface area (Å²) in [4.78, 5) is 7.24. The van der Waals surface area contributed by atoms with Gasteiger partial charge < -0.3 is 15.4 Å². The molecule has 0 aromatic heterocycles. The highest BCUT2D eigenvalue weighted by Crippen LogP contribution is 2.08. The fourth-order valence-electron chi connectivity index (χ4n) is 3.05. The Bertz CT molecular complexity index is 709. The molecule has 2 aromatic carbocycles. The normalized spacial score (nSPS) is 16.7. The van der Waals surface area contributed by atoms with E-state index in [1.165, 1.54) is 11.1 Å². The first kappa shape index (κ1) is 19.4. The molecule has 2 aromatic rings. The number of anilines is 1. The molecule has 2 N–H and O–H groups in total. The lowest BCUT2D eigenvalue weighted by molar-refractivity contribution is 0.0212. The van der Waals surface area contributed by atoms with E-state index >= 15 is 0 Å². The molecule has 0 spiro atoms. The molecule has 1 aliphatic heterocycles. The molecule has 5 heteroatoms. The topological polar surface area (TPSA) is 48.9 Å². The zero-order valence-electron chi connectivity index (χ0n) is 16.3. The lowest BCUT2D eigenvalue weighted by atomic mass is 10.1. The molecule has 0 bridgehead atoms. The Labute approximate surface area is 162 Å². The van der Waals surface area contributed by atoms with Gasteiger partial charge in [-0.1, -0.05) is 48.0 Å². The highest BCUT2D eigenvalue weighted by atomic mass is 16.5. The SMILES string of the molecule is Cc1ccc(CN=C(NCC(C)N2CCOCC2)Nc2ccccc2)cc1. The average Bonchev–Trinajstić information content (AvgIpc) is 2.72. The van der Waals surface area contributed by atoms with Crippen LogP contribution >= 0.6 is 0 Å².